The minimum absolute atomic E-state index is 0.261. The molecule has 2 N–H and O–H groups in total. The minimum Gasteiger partial charge on any atom is -0.444 e. The molecule has 0 heterocycles. The van der Waals surface area contributed by atoms with Crippen LogP contribution < -0.4 is 10.6 Å². The Hall–Kier alpha value is -3.35. The van der Waals surface area contributed by atoms with Gasteiger partial charge in [0.2, 0.25) is 11.8 Å². The van der Waals surface area contributed by atoms with Gasteiger partial charge in [0, 0.05) is 18.5 Å². The summed E-state index contributed by atoms with van der Waals surface area (Å²) in [4.78, 5) is 41.7. The Morgan fingerprint density at radius 2 is 1.50 bits per heavy atom. The van der Waals surface area contributed by atoms with E-state index in [1.807, 2.05) is 89.2 Å². The van der Waals surface area contributed by atoms with Gasteiger partial charge >= 0.3 is 6.09 Å². The van der Waals surface area contributed by atoms with Gasteiger partial charge in [-0.2, -0.15) is 0 Å². The van der Waals surface area contributed by atoms with E-state index in [-0.39, 0.29) is 24.8 Å². The van der Waals surface area contributed by atoms with Crippen molar-refractivity contribution in [3.63, 3.8) is 0 Å². The summed E-state index contributed by atoms with van der Waals surface area (Å²) < 4.78 is 5.44. The Morgan fingerprint density at radius 3 is 2.00 bits per heavy atom. The van der Waals surface area contributed by atoms with Crippen LogP contribution in [0.5, 0.6) is 0 Å². The van der Waals surface area contributed by atoms with E-state index in [9.17, 15) is 14.4 Å². The molecule has 0 spiro atoms. The molecule has 36 heavy (non-hydrogen) atoms. The molecule has 2 atom stereocenters. The van der Waals surface area contributed by atoms with Crippen LogP contribution in [0.2, 0.25) is 0 Å². The molecular weight excluding hydrogens is 454 g/mol. The van der Waals surface area contributed by atoms with Gasteiger partial charge in [-0.15, -0.1) is 0 Å². The number of rotatable bonds is 8. The molecule has 0 aliphatic heterocycles. The van der Waals surface area contributed by atoms with Crippen molar-refractivity contribution in [1.29, 1.82) is 0 Å². The highest BCUT2D eigenvalue weighted by Gasteiger charge is 2.36. The number of likely N-dealkylation sites (N-methyl/N-ethyl adjacent to an activating group) is 1. The van der Waals surface area contributed by atoms with E-state index in [0.29, 0.717) is 5.56 Å². The molecule has 0 saturated heterocycles. The van der Waals surface area contributed by atoms with Crippen LogP contribution >= 0.6 is 0 Å². The molecule has 0 radical (unpaired) electrons. The number of amides is 3. The summed E-state index contributed by atoms with van der Waals surface area (Å²) in [6.07, 6.45) is -0.421. The van der Waals surface area contributed by atoms with E-state index in [0.717, 1.165) is 11.1 Å². The van der Waals surface area contributed by atoms with E-state index in [1.54, 1.807) is 20.8 Å². The maximum absolute atomic E-state index is 14.0. The number of alkyl carbamates (subject to hydrolysis) is 1. The van der Waals surface area contributed by atoms with Gasteiger partial charge in [0.05, 0.1) is 0 Å². The maximum atomic E-state index is 14.0. The van der Waals surface area contributed by atoms with Gasteiger partial charge in [-0.25, -0.2) is 4.79 Å². The molecule has 0 aliphatic rings. The van der Waals surface area contributed by atoms with Crippen LogP contribution in [0.1, 0.15) is 71.2 Å². The first-order valence-electron chi connectivity index (χ1n) is 12.4. The number of carbonyl (C=O) groups is 3. The van der Waals surface area contributed by atoms with Crippen LogP contribution in [0, 0.1) is 6.92 Å². The van der Waals surface area contributed by atoms with Gasteiger partial charge < -0.3 is 20.3 Å². The van der Waals surface area contributed by atoms with E-state index in [1.165, 1.54) is 4.90 Å². The first kappa shape index (κ1) is 28.9. The fourth-order valence-corrected chi connectivity index (χ4v) is 3.83. The van der Waals surface area contributed by atoms with Crippen molar-refractivity contribution < 1.29 is 19.1 Å². The van der Waals surface area contributed by atoms with Gasteiger partial charge in [-0.05, 0) is 66.5 Å². The smallest absolute Gasteiger partial charge is 0.408 e. The van der Waals surface area contributed by atoms with Crippen LogP contribution in [-0.4, -0.2) is 46.5 Å². The quantitative estimate of drug-likeness (QED) is 0.543. The van der Waals surface area contributed by atoms with Crippen molar-refractivity contribution in [1.82, 2.24) is 15.5 Å². The largest absolute Gasteiger partial charge is 0.444 e. The van der Waals surface area contributed by atoms with E-state index in [2.05, 4.69) is 10.6 Å². The lowest BCUT2D eigenvalue weighted by molar-refractivity contribution is -0.142. The lowest BCUT2D eigenvalue weighted by Crippen LogP contribution is -2.55. The SMILES string of the molecule is CCN(C(=O)C(Cc1ccccc1)NC(=O)OC(C)(C)C)C(C(=O)NC(C)(C)C)c1ccc(C)cc1. The summed E-state index contributed by atoms with van der Waals surface area (Å²) in [6, 6.07) is 15.3. The van der Waals surface area contributed by atoms with Gasteiger partial charge in [-0.1, -0.05) is 60.2 Å². The normalized spacial score (nSPS) is 13.3. The second kappa shape index (κ2) is 12.1. The maximum Gasteiger partial charge on any atom is 0.408 e. The standard InChI is InChI=1S/C29H41N3O4/c1-9-32(24(25(33)31-28(3,4)5)22-17-15-20(2)16-18-22)26(34)23(19-21-13-11-10-12-14-21)30-27(35)36-29(6,7)8/h10-18,23-24H,9,19H2,1-8H3,(H,30,35)(H,31,33). The lowest BCUT2D eigenvalue weighted by atomic mass is 9.98. The molecule has 196 valence electrons. The van der Waals surface area contributed by atoms with Crippen LogP contribution in [0.3, 0.4) is 0 Å². The van der Waals surface area contributed by atoms with Crippen molar-refractivity contribution in [2.75, 3.05) is 6.54 Å². The fraction of sp³-hybridized carbons (Fsp3) is 0.483. The molecule has 2 aromatic rings. The van der Waals surface area contributed by atoms with E-state index in [4.69, 9.17) is 4.74 Å². The molecule has 2 aromatic carbocycles. The number of hydrogen-bond acceptors (Lipinski definition) is 4. The van der Waals surface area contributed by atoms with Crippen LogP contribution in [0.15, 0.2) is 54.6 Å². The third kappa shape index (κ3) is 9.02. The molecule has 2 unspecified atom stereocenters. The highest BCUT2D eigenvalue weighted by Crippen LogP contribution is 2.24. The predicted octanol–water partition coefficient (Wildman–Crippen LogP) is 4.94. The average molecular weight is 496 g/mol. The zero-order valence-electron chi connectivity index (χ0n) is 22.8. The van der Waals surface area contributed by atoms with Crippen LogP contribution in [0.4, 0.5) is 4.79 Å². The molecule has 2 rings (SSSR count). The monoisotopic (exact) mass is 495 g/mol. The summed E-state index contributed by atoms with van der Waals surface area (Å²) >= 11 is 0. The lowest BCUT2D eigenvalue weighted by Gasteiger charge is -2.35. The molecule has 7 nitrogen and oxygen atoms in total. The Labute approximate surface area is 215 Å². The minimum atomic E-state index is -0.919. The molecule has 0 saturated carbocycles. The highest BCUT2D eigenvalue weighted by atomic mass is 16.6. The Kier molecular flexibility index (Phi) is 9.68. The summed E-state index contributed by atoms with van der Waals surface area (Å²) in [5.41, 5.74) is 1.44. The fourth-order valence-electron chi connectivity index (χ4n) is 3.83. The number of nitrogens with one attached hydrogen (secondary N) is 2. The van der Waals surface area contributed by atoms with Gasteiger partial charge in [-0.3, -0.25) is 9.59 Å². The molecule has 0 fully saturated rings. The van der Waals surface area contributed by atoms with E-state index < -0.39 is 29.3 Å². The predicted molar refractivity (Wildman–Crippen MR) is 143 cm³/mol. The summed E-state index contributed by atoms with van der Waals surface area (Å²) in [6.45, 7) is 15.1. The van der Waals surface area contributed by atoms with Crippen molar-refractivity contribution >= 4 is 17.9 Å². The molecular formula is C29H41N3O4. The van der Waals surface area contributed by atoms with E-state index >= 15 is 0 Å². The van der Waals surface area contributed by atoms with Crippen molar-refractivity contribution in [3.05, 3.63) is 71.3 Å². The first-order valence-corrected chi connectivity index (χ1v) is 12.4. The van der Waals surface area contributed by atoms with Gasteiger partial charge in [0.25, 0.3) is 0 Å². The van der Waals surface area contributed by atoms with Crippen molar-refractivity contribution in [2.45, 2.75) is 85.0 Å². The molecule has 0 aliphatic carbocycles. The third-order valence-electron chi connectivity index (χ3n) is 5.35. The number of ether oxygens (including phenoxy) is 1. The van der Waals surface area contributed by atoms with Gasteiger partial charge in [0.1, 0.15) is 17.7 Å². The average Bonchev–Trinajstić information content (AvgIpc) is 2.75. The number of hydrogen-bond donors (Lipinski definition) is 2. The number of nitrogens with zero attached hydrogens (tertiary/aromatic N) is 1. The summed E-state index contributed by atoms with van der Waals surface area (Å²) in [7, 11) is 0. The first-order chi connectivity index (χ1) is 16.7. The second-order valence-corrected chi connectivity index (χ2v) is 11.1. The number of benzene rings is 2. The summed E-state index contributed by atoms with van der Waals surface area (Å²) in [5, 5.41) is 5.77. The molecule has 3 amide bonds. The zero-order chi connectivity index (χ0) is 27.1. The van der Waals surface area contributed by atoms with Crippen LogP contribution in [-0.2, 0) is 20.7 Å². The topological polar surface area (TPSA) is 87.7 Å². The van der Waals surface area contributed by atoms with Crippen molar-refractivity contribution in [3.8, 4) is 0 Å². The highest BCUT2D eigenvalue weighted by molar-refractivity contribution is 5.92. The Balaban J connectivity index is 2.47. The molecule has 0 aromatic heterocycles. The van der Waals surface area contributed by atoms with Gasteiger partial charge in [0.15, 0.2) is 0 Å². The zero-order valence-corrected chi connectivity index (χ0v) is 22.8. The molecule has 0 bridgehead atoms. The molecule has 7 heteroatoms. The number of aryl methyl sites for hydroxylation is 1. The van der Waals surface area contributed by atoms with Crippen LogP contribution in [0.25, 0.3) is 0 Å². The Bertz CT molecular complexity index is 1020. The number of carbonyl (C=O) groups excluding carboxylic acids is 3. The third-order valence-corrected chi connectivity index (χ3v) is 5.35. The summed E-state index contributed by atoms with van der Waals surface area (Å²) in [5.74, 6) is -0.640. The Morgan fingerprint density at radius 1 is 0.917 bits per heavy atom. The second-order valence-electron chi connectivity index (χ2n) is 11.1. The van der Waals surface area contributed by atoms with Crippen molar-refractivity contribution in [2.24, 2.45) is 0 Å².